The Kier molecular flexibility index (Phi) is 12.4. The van der Waals surface area contributed by atoms with E-state index in [0.717, 1.165) is 11.8 Å². The summed E-state index contributed by atoms with van der Waals surface area (Å²) in [4.78, 5) is 13.4. The molecule has 0 saturated carbocycles. The second-order valence-electron chi connectivity index (χ2n) is 10.3. The van der Waals surface area contributed by atoms with Crippen molar-refractivity contribution in [2.75, 3.05) is 19.8 Å². The molecule has 0 aromatic heterocycles. The molecule has 9 N–H and O–H groups in total. The predicted molar refractivity (Wildman–Crippen MR) is 136 cm³/mol. The van der Waals surface area contributed by atoms with Crippen LogP contribution in [0, 0.1) is 0 Å². The lowest BCUT2D eigenvalue weighted by molar-refractivity contribution is -0.374. The maximum Gasteiger partial charge on any atom is 0.397 e. The summed E-state index contributed by atoms with van der Waals surface area (Å²) in [6.45, 7) is 4.06. The van der Waals surface area contributed by atoms with E-state index < -0.39 is 122 Å². The van der Waals surface area contributed by atoms with Crippen molar-refractivity contribution in [3.05, 3.63) is 12.7 Å². The van der Waals surface area contributed by atoms with Gasteiger partial charge in [-0.05, 0) is 6.92 Å². The summed E-state index contributed by atoms with van der Waals surface area (Å²) in [6, 6.07) is 0. The number of nitrogens with zero attached hydrogens (tertiary/aromatic N) is 1. The van der Waals surface area contributed by atoms with Crippen molar-refractivity contribution >= 4 is 16.3 Å². The third-order valence-corrected chi connectivity index (χ3v) is 7.76. The molecule has 3 heterocycles. The number of hydrogen-bond donors (Lipinski definition) is 9. The summed E-state index contributed by atoms with van der Waals surface area (Å²) in [5, 5.41) is 83.2. The second kappa shape index (κ2) is 14.8. The van der Waals surface area contributed by atoms with Crippen LogP contribution in [0.25, 0.3) is 0 Å². The van der Waals surface area contributed by atoms with Crippen molar-refractivity contribution in [2.24, 2.45) is 0 Å². The van der Waals surface area contributed by atoms with Crippen LogP contribution in [-0.4, -0.2) is 176 Å². The van der Waals surface area contributed by atoms with Crippen LogP contribution in [0.15, 0.2) is 12.7 Å². The topological polar surface area (TPSA) is 292 Å². The molecule has 3 aliphatic rings. The van der Waals surface area contributed by atoms with Crippen LogP contribution in [0.5, 0.6) is 0 Å². The van der Waals surface area contributed by atoms with Gasteiger partial charge in [0, 0.05) is 13.5 Å². The van der Waals surface area contributed by atoms with E-state index in [9.17, 15) is 54.1 Å². The molecule has 0 aliphatic carbocycles. The van der Waals surface area contributed by atoms with E-state index in [1.165, 1.54) is 13.0 Å². The largest absolute Gasteiger partial charge is 0.397 e. The number of ether oxygens (including phenoxy) is 5. The number of aliphatic hydroxyl groups is 8. The number of hydrogen-bond acceptors (Lipinski definition) is 17. The maximum absolute atomic E-state index is 12.4. The molecule has 3 aliphatic heterocycles. The predicted octanol–water partition coefficient (Wildman–Crippen LogP) is -5.68. The molecular formula is C23H39NO18S. The fourth-order valence-electron chi connectivity index (χ4n) is 5.04. The lowest BCUT2D eigenvalue weighted by atomic mass is 9.95. The summed E-state index contributed by atoms with van der Waals surface area (Å²) in [5.41, 5.74) is 0. The summed E-state index contributed by atoms with van der Waals surface area (Å²) in [5.74, 6) is -0.601. The fraction of sp³-hybridized carbons (Fsp3) is 0.870. The Morgan fingerprint density at radius 2 is 1.40 bits per heavy atom. The quantitative estimate of drug-likeness (QED) is 0.0744. The molecule has 0 spiro atoms. The van der Waals surface area contributed by atoms with E-state index in [4.69, 9.17) is 28.2 Å². The second-order valence-corrected chi connectivity index (χ2v) is 11.3. The van der Waals surface area contributed by atoms with E-state index in [2.05, 4.69) is 10.8 Å². The molecular weight excluding hydrogens is 610 g/mol. The first kappa shape index (κ1) is 36.0. The summed E-state index contributed by atoms with van der Waals surface area (Å²) < 4.78 is 64.4. The Hall–Kier alpha value is -1.44. The van der Waals surface area contributed by atoms with E-state index in [1.807, 2.05) is 0 Å². The van der Waals surface area contributed by atoms with Gasteiger partial charge in [0.25, 0.3) is 0 Å². The highest BCUT2D eigenvalue weighted by molar-refractivity contribution is 7.80. The Morgan fingerprint density at radius 3 is 1.93 bits per heavy atom. The van der Waals surface area contributed by atoms with Crippen LogP contribution in [0.2, 0.25) is 0 Å². The molecule has 0 aromatic rings. The first-order valence-electron chi connectivity index (χ1n) is 13.2. The van der Waals surface area contributed by atoms with Crippen molar-refractivity contribution in [3.8, 4) is 0 Å². The smallest absolute Gasteiger partial charge is 0.394 e. The number of amides is 1. The van der Waals surface area contributed by atoms with Gasteiger partial charge < -0.3 is 69.4 Å². The van der Waals surface area contributed by atoms with Crippen molar-refractivity contribution in [2.45, 2.75) is 106 Å². The van der Waals surface area contributed by atoms with Gasteiger partial charge in [0.15, 0.2) is 18.8 Å². The molecule has 3 fully saturated rings. The Morgan fingerprint density at radius 1 is 0.814 bits per heavy atom. The van der Waals surface area contributed by atoms with E-state index in [0.29, 0.717) is 0 Å². The molecule has 0 aromatic carbocycles. The zero-order chi connectivity index (χ0) is 32.4. The molecule has 43 heavy (non-hydrogen) atoms. The van der Waals surface area contributed by atoms with Gasteiger partial charge in [0.05, 0.1) is 19.3 Å². The number of carbonyl (C=O) groups is 1. The van der Waals surface area contributed by atoms with Gasteiger partial charge >= 0.3 is 10.4 Å². The van der Waals surface area contributed by atoms with Gasteiger partial charge in [-0.15, -0.1) is 6.58 Å². The van der Waals surface area contributed by atoms with Crippen molar-refractivity contribution in [3.63, 3.8) is 0 Å². The van der Waals surface area contributed by atoms with Crippen molar-refractivity contribution < 1.29 is 86.5 Å². The van der Waals surface area contributed by atoms with E-state index in [-0.39, 0.29) is 6.54 Å². The van der Waals surface area contributed by atoms with Gasteiger partial charge in [-0.2, -0.15) is 8.42 Å². The average molecular weight is 650 g/mol. The Bertz CT molecular complexity index is 1050. The fourth-order valence-corrected chi connectivity index (χ4v) is 5.55. The molecule has 19 nitrogen and oxygen atoms in total. The first-order chi connectivity index (χ1) is 20.1. The van der Waals surface area contributed by atoms with Gasteiger partial charge in [-0.3, -0.25) is 9.35 Å². The highest BCUT2D eigenvalue weighted by Crippen LogP contribution is 2.35. The third-order valence-electron chi connectivity index (χ3n) is 7.30. The summed E-state index contributed by atoms with van der Waals surface area (Å²) in [7, 11) is -5.26. The maximum atomic E-state index is 12.4. The standard InChI is InChI=1S/C23H39NO18S/c1-4-5-24(9(3)27)21-16(32)20(41-22-15(31)14(30)12(28)8(2)37-22)18(11(7-26)38-21)40-23-17(33)19(42-43(34,35)36)13(29)10(6-25)39-23/h4,8,10-23,25-26,28-33H,1,5-7H2,2-3H3,(H,34,35,36)/t8-,10+,11+,12+,13-,14+,15-,16+,17+,18+,19-,20+,21+,22-,23-/m0/s1. The molecule has 0 unspecified atom stereocenters. The Balaban J connectivity index is 2.00. The number of carbonyl (C=O) groups excluding carboxylic acids is 1. The van der Waals surface area contributed by atoms with Gasteiger partial charge in [0.2, 0.25) is 5.91 Å². The molecule has 250 valence electrons. The zero-order valence-corrected chi connectivity index (χ0v) is 23.9. The minimum absolute atomic E-state index is 0.146. The summed E-state index contributed by atoms with van der Waals surface area (Å²) >= 11 is 0. The van der Waals surface area contributed by atoms with Gasteiger partial charge in [-0.1, -0.05) is 6.08 Å². The molecule has 20 heteroatoms. The number of aliphatic hydroxyl groups excluding tert-OH is 8. The van der Waals surface area contributed by atoms with Crippen LogP contribution in [-0.2, 0) is 43.1 Å². The molecule has 0 bridgehead atoms. The highest BCUT2D eigenvalue weighted by atomic mass is 32.3. The van der Waals surface area contributed by atoms with E-state index >= 15 is 0 Å². The van der Waals surface area contributed by atoms with Crippen LogP contribution < -0.4 is 0 Å². The zero-order valence-electron chi connectivity index (χ0n) is 23.1. The van der Waals surface area contributed by atoms with Crippen LogP contribution in [0.3, 0.4) is 0 Å². The third kappa shape index (κ3) is 8.05. The van der Waals surface area contributed by atoms with Gasteiger partial charge in [-0.25, -0.2) is 4.18 Å². The van der Waals surface area contributed by atoms with Crippen LogP contribution in [0.4, 0.5) is 0 Å². The van der Waals surface area contributed by atoms with Crippen LogP contribution in [0.1, 0.15) is 13.8 Å². The lowest BCUT2D eigenvalue weighted by Gasteiger charge is -2.50. The number of rotatable bonds is 11. The summed E-state index contributed by atoms with van der Waals surface area (Å²) in [6.07, 6.45) is -25.1. The SMILES string of the molecule is C=CCN(C(C)=O)[C@@H]1O[C@H](CO)[C@@H](O[C@@H]2O[C@H](CO)[C@H](O)[C@H](OS(=O)(=O)O)[C@H]2O)[C@H](O[C@@H]2O[C@@H](C)[C@@H](O)[C@@H](O)[C@@H]2O)[C@H]1O. The van der Waals surface area contributed by atoms with Gasteiger partial charge in [0.1, 0.15) is 67.1 Å². The lowest BCUT2D eigenvalue weighted by Crippen LogP contribution is -2.69. The minimum atomic E-state index is -5.26. The van der Waals surface area contributed by atoms with Crippen molar-refractivity contribution in [1.82, 2.24) is 4.90 Å². The molecule has 1 amide bonds. The normalized spacial score (nSPS) is 44.1. The van der Waals surface area contributed by atoms with E-state index in [1.54, 1.807) is 0 Å². The molecule has 3 saturated heterocycles. The first-order valence-corrected chi connectivity index (χ1v) is 14.5. The molecule has 15 atom stereocenters. The Labute approximate surface area is 246 Å². The monoisotopic (exact) mass is 649 g/mol. The van der Waals surface area contributed by atoms with Crippen molar-refractivity contribution in [1.29, 1.82) is 0 Å². The average Bonchev–Trinajstić information content (AvgIpc) is 2.94. The molecule has 3 rings (SSSR count). The highest BCUT2D eigenvalue weighted by Gasteiger charge is 2.55. The van der Waals surface area contributed by atoms with Crippen LogP contribution >= 0.6 is 0 Å². The minimum Gasteiger partial charge on any atom is -0.394 e. The molecule has 0 radical (unpaired) electrons.